The molecule has 2 aliphatic heterocycles. The minimum absolute atomic E-state index is 0.00685. The number of carbonyl (C=O) groups excluding carboxylic acids is 4. The molecule has 10 heteroatoms. The number of fused-ring (bicyclic) bond motifs is 1. The van der Waals surface area contributed by atoms with E-state index in [0.29, 0.717) is 11.3 Å². The van der Waals surface area contributed by atoms with Crippen molar-refractivity contribution in [1.82, 2.24) is 4.90 Å². The number of thioether (sulfide) groups is 1. The Morgan fingerprint density at radius 2 is 1.96 bits per heavy atom. The van der Waals surface area contributed by atoms with Crippen LogP contribution in [0.3, 0.4) is 0 Å². The van der Waals surface area contributed by atoms with Gasteiger partial charge in [0.2, 0.25) is 0 Å². The summed E-state index contributed by atoms with van der Waals surface area (Å²) in [5.41, 5.74) is 0.431. The Morgan fingerprint density at radius 3 is 2.56 bits per heavy atom. The predicted molar refractivity (Wildman–Crippen MR) is 85.1 cm³/mol. The molecule has 0 aromatic heterocycles. The average molecular weight is 373 g/mol. The fourth-order valence-corrected chi connectivity index (χ4v) is 3.77. The highest BCUT2D eigenvalue weighted by molar-refractivity contribution is 8.00. The third kappa shape index (κ3) is 4.13. The van der Waals surface area contributed by atoms with E-state index < -0.39 is 30.6 Å². The molecule has 2 heterocycles. The van der Waals surface area contributed by atoms with Crippen LogP contribution in [0.25, 0.3) is 0 Å². The molecule has 1 saturated heterocycles. The van der Waals surface area contributed by atoms with E-state index in [1.165, 1.54) is 30.7 Å². The van der Waals surface area contributed by atoms with Crippen molar-refractivity contribution in [3.63, 3.8) is 0 Å². The van der Waals surface area contributed by atoms with Gasteiger partial charge in [0.25, 0.3) is 5.91 Å². The van der Waals surface area contributed by atoms with Gasteiger partial charge in [-0.15, -0.1) is 11.8 Å². The summed E-state index contributed by atoms with van der Waals surface area (Å²) in [6.45, 7) is 2.33. The molecule has 138 valence electrons. The van der Waals surface area contributed by atoms with Crippen LogP contribution in [-0.4, -0.2) is 72.9 Å². The van der Waals surface area contributed by atoms with Crippen molar-refractivity contribution < 1.29 is 38.1 Å². The molecule has 0 radical (unpaired) electrons. The second kappa shape index (κ2) is 8.34. The fourth-order valence-electron chi connectivity index (χ4n) is 2.42. The van der Waals surface area contributed by atoms with Gasteiger partial charge in [0, 0.05) is 25.4 Å². The van der Waals surface area contributed by atoms with Crippen LogP contribution in [-0.2, 0) is 38.1 Å². The van der Waals surface area contributed by atoms with Crippen LogP contribution < -0.4 is 0 Å². The topological polar surface area (TPSA) is 108 Å². The second-order valence-electron chi connectivity index (χ2n) is 5.18. The monoisotopic (exact) mass is 373 g/mol. The highest BCUT2D eigenvalue weighted by Gasteiger charge is 2.54. The van der Waals surface area contributed by atoms with E-state index in [2.05, 4.69) is 0 Å². The van der Waals surface area contributed by atoms with Crippen molar-refractivity contribution in [3.8, 4) is 0 Å². The quantitative estimate of drug-likeness (QED) is 0.342. The molecule has 9 nitrogen and oxygen atoms in total. The van der Waals surface area contributed by atoms with E-state index in [9.17, 15) is 19.2 Å². The van der Waals surface area contributed by atoms with Gasteiger partial charge in [-0.3, -0.25) is 14.5 Å². The van der Waals surface area contributed by atoms with Gasteiger partial charge in [-0.05, 0) is 6.92 Å². The van der Waals surface area contributed by atoms with E-state index >= 15 is 0 Å². The predicted octanol–water partition coefficient (Wildman–Crippen LogP) is -0.160. The van der Waals surface area contributed by atoms with Gasteiger partial charge >= 0.3 is 17.9 Å². The molecular formula is C15H19NO8S. The molecule has 25 heavy (non-hydrogen) atoms. The Labute approximate surface area is 148 Å². The Bertz CT molecular complexity index is 617. The van der Waals surface area contributed by atoms with Gasteiger partial charge in [-0.25, -0.2) is 9.59 Å². The van der Waals surface area contributed by atoms with Crippen molar-refractivity contribution in [2.24, 2.45) is 0 Å². The molecule has 2 aliphatic rings. The number of methoxy groups -OCH3 is 1. The largest absolute Gasteiger partial charge is 0.463 e. The highest BCUT2D eigenvalue weighted by atomic mass is 32.2. The lowest BCUT2D eigenvalue weighted by Crippen LogP contribution is -2.65. The van der Waals surface area contributed by atoms with Gasteiger partial charge in [0.1, 0.15) is 17.7 Å². The molecule has 0 aromatic carbocycles. The van der Waals surface area contributed by atoms with Crippen molar-refractivity contribution >= 4 is 35.6 Å². The fraction of sp³-hybridized carbons (Fsp3) is 0.600. The van der Waals surface area contributed by atoms with Crippen LogP contribution in [0, 0.1) is 0 Å². The lowest BCUT2D eigenvalue weighted by Gasteiger charge is -2.48. The molecule has 2 rings (SSSR count). The number of hydrogen-bond donors (Lipinski definition) is 0. The molecule has 0 bridgehead atoms. The van der Waals surface area contributed by atoms with Crippen molar-refractivity contribution in [3.05, 3.63) is 11.3 Å². The van der Waals surface area contributed by atoms with Gasteiger partial charge < -0.3 is 18.9 Å². The van der Waals surface area contributed by atoms with Crippen LogP contribution in [0.1, 0.15) is 13.8 Å². The number of amides is 1. The summed E-state index contributed by atoms with van der Waals surface area (Å²) in [7, 11) is 1.41. The van der Waals surface area contributed by atoms with Gasteiger partial charge in [0.05, 0.1) is 6.61 Å². The number of hydrogen-bond acceptors (Lipinski definition) is 9. The number of carbonyl (C=O) groups is 4. The van der Waals surface area contributed by atoms with E-state index in [0.717, 1.165) is 0 Å². The van der Waals surface area contributed by atoms with Crippen LogP contribution in [0.5, 0.6) is 0 Å². The summed E-state index contributed by atoms with van der Waals surface area (Å²) in [6.07, 6.45) is -0.645. The summed E-state index contributed by atoms with van der Waals surface area (Å²) in [6, 6.07) is 0. The summed E-state index contributed by atoms with van der Waals surface area (Å²) >= 11 is 1.39. The minimum atomic E-state index is -0.844. The second-order valence-corrected chi connectivity index (χ2v) is 6.28. The first kappa shape index (κ1) is 19.3. The van der Waals surface area contributed by atoms with Gasteiger partial charge in [0.15, 0.2) is 12.7 Å². The molecular weight excluding hydrogens is 354 g/mol. The molecule has 0 aliphatic carbocycles. The third-order valence-corrected chi connectivity index (χ3v) is 4.84. The Balaban J connectivity index is 2.18. The first-order valence-corrected chi connectivity index (χ1v) is 8.61. The van der Waals surface area contributed by atoms with Crippen molar-refractivity contribution in [1.29, 1.82) is 0 Å². The zero-order valence-corrected chi connectivity index (χ0v) is 14.9. The average Bonchev–Trinajstić information content (AvgIpc) is 2.57. The zero-order chi connectivity index (χ0) is 18.6. The first-order valence-electron chi connectivity index (χ1n) is 7.56. The maximum absolute atomic E-state index is 12.4. The molecule has 1 amide bonds. The van der Waals surface area contributed by atoms with Gasteiger partial charge in [-0.2, -0.15) is 0 Å². The van der Waals surface area contributed by atoms with Crippen LogP contribution >= 0.6 is 11.8 Å². The Kier molecular flexibility index (Phi) is 6.43. The highest BCUT2D eigenvalue weighted by Crippen LogP contribution is 2.41. The number of ether oxygens (including phenoxy) is 4. The Morgan fingerprint density at radius 1 is 1.24 bits per heavy atom. The molecule has 0 saturated carbocycles. The van der Waals surface area contributed by atoms with E-state index in [1.54, 1.807) is 6.92 Å². The Hall–Kier alpha value is -2.07. The maximum Gasteiger partial charge on any atom is 0.355 e. The summed E-state index contributed by atoms with van der Waals surface area (Å²) in [5, 5.41) is -0.358. The van der Waals surface area contributed by atoms with Crippen LogP contribution in [0.4, 0.5) is 0 Å². The lowest BCUT2D eigenvalue weighted by atomic mass is 10.1. The van der Waals surface area contributed by atoms with E-state index in [-0.39, 0.29) is 30.2 Å². The standard InChI is InChI=1S/C15H19NO8S/c1-4-22-10(18)6-24-15(20)11-9(5-23-8(2)17)7-25-14-12(21-3)13(19)16(11)14/h12,14H,4-7H2,1-3H3. The third-order valence-electron chi connectivity index (χ3n) is 3.52. The number of nitrogens with zero attached hydrogens (tertiary/aromatic N) is 1. The number of esters is 3. The molecule has 2 unspecified atom stereocenters. The molecule has 0 N–H and O–H groups in total. The summed E-state index contributed by atoms with van der Waals surface area (Å²) < 4.78 is 19.7. The van der Waals surface area contributed by atoms with Crippen molar-refractivity contribution in [2.45, 2.75) is 25.3 Å². The van der Waals surface area contributed by atoms with Crippen LogP contribution in [0.2, 0.25) is 0 Å². The van der Waals surface area contributed by atoms with E-state index in [4.69, 9.17) is 18.9 Å². The zero-order valence-electron chi connectivity index (χ0n) is 14.1. The molecule has 0 aromatic rings. The molecule has 1 fully saturated rings. The first-order chi connectivity index (χ1) is 11.9. The number of β-lactam (4-membered cyclic amide) rings is 1. The van der Waals surface area contributed by atoms with Crippen LogP contribution in [0.15, 0.2) is 11.3 Å². The lowest BCUT2D eigenvalue weighted by molar-refractivity contribution is -0.165. The minimum Gasteiger partial charge on any atom is -0.463 e. The summed E-state index contributed by atoms with van der Waals surface area (Å²) in [5.74, 6) is -2.06. The van der Waals surface area contributed by atoms with Crippen molar-refractivity contribution in [2.75, 3.05) is 32.7 Å². The normalized spacial score (nSPS) is 22.0. The van der Waals surface area contributed by atoms with E-state index in [1.807, 2.05) is 0 Å². The smallest absolute Gasteiger partial charge is 0.355 e. The molecule has 0 spiro atoms. The molecule has 2 atom stereocenters. The maximum atomic E-state index is 12.4. The van der Waals surface area contributed by atoms with Gasteiger partial charge in [-0.1, -0.05) is 0 Å². The summed E-state index contributed by atoms with van der Waals surface area (Å²) in [4.78, 5) is 48.3. The SMILES string of the molecule is CCOC(=O)COC(=O)C1=C(COC(C)=O)CSC2C(OC)C(=O)N12. The number of rotatable bonds is 7.